The molecule has 3 aromatic carbocycles. The average Bonchev–Trinajstić information content (AvgIpc) is 2.74. The van der Waals surface area contributed by atoms with Crippen molar-refractivity contribution in [3.05, 3.63) is 89.7 Å². The van der Waals surface area contributed by atoms with Crippen LogP contribution in [0.3, 0.4) is 0 Å². The van der Waals surface area contributed by atoms with Gasteiger partial charge in [0.25, 0.3) is 5.91 Å². The third kappa shape index (κ3) is 5.61. The molecule has 0 aliphatic rings. The van der Waals surface area contributed by atoms with Gasteiger partial charge in [0.05, 0.1) is 30.8 Å². The van der Waals surface area contributed by atoms with Crippen LogP contribution in [-0.4, -0.2) is 27.2 Å². The van der Waals surface area contributed by atoms with Gasteiger partial charge in [-0.25, -0.2) is 12.8 Å². The quantitative estimate of drug-likeness (QED) is 0.560. The van der Waals surface area contributed by atoms with E-state index in [1.54, 1.807) is 48.5 Å². The average molecular weight is 443 g/mol. The predicted molar refractivity (Wildman–Crippen MR) is 119 cm³/mol. The molecule has 6 nitrogen and oxygen atoms in total. The number of halogens is 1. The highest BCUT2D eigenvalue weighted by Gasteiger charge is 2.21. The Kier molecular flexibility index (Phi) is 6.91. The van der Waals surface area contributed by atoms with E-state index in [1.165, 1.54) is 18.2 Å². The number of anilines is 2. The second kappa shape index (κ2) is 9.61. The van der Waals surface area contributed by atoms with E-state index in [0.717, 1.165) is 10.6 Å². The first-order valence-corrected chi connectivity index (χ1v) is 11.5. The molecule has 0 fully saturated rings. The Balaban J connectivity index is 1.78. The molecule has 0 aliphatic carbocycles. The summed E-state index contributed by atoms with van der Waals surface area (Å²) in [6.07, 6.45) is 1.02. The number of hydrogen-bond acceptors (Lipinski definition) is 4. The summed E-state index contributed by atoms with van der Waals surface area (Å²) in [5.41, 5.74) is 1.53. The van der Waals surface area contributed by atoms with Gasteiger partial charge < -0.3 is 10.1 Å². The van der Waals surface area contributed by atoms with Crippen LogP contribution in [0.1, 0.15) is 22.8 Å². The highest BCUT2D eigenvalue weighted by atomic mass is 32.2. The number of ether oxygens (including phenoxy) is 1. The summed E-state index contributed by atoms with van der Waals surface area (Å²) in [6.45, 7) is 2.27. The van der Waals surface area contributed by atoms with Crippen LogP contribution in [0.2, 0.25) is 0 Å². The smallest absolute Gasteiger partial charge is 0.255 e. The molecular formula is C23H23FN2O4S. The first-order chi connectivity index (χ1) is 14.8. The lowest BCUT2D eigenvalue weighted by atomic mass is 10.1. The molecule has 0 saturated heterocycles. The van der Waals surface area contributed by atoms with Gasteiger partial charge in [0.15, 0.2) is 0 Å². The second-order valence-electron chi connectivity index (χ2n) is 6.80. The van der Waals surface area contributed by atoms with Gasteiger partial charge in [0.1, 0.15) is 11.6 Å². The number of sulfonamides is 1. The van der Waals surface area contributed by atoms with Crippen molar-refractivity contribution in [3.8, 4) is 5.75 Å². The molecule has 0 atom stereocenters. The van der Waals surface area contributed by atoms with Crippen molar-refractivity contribution < 1.29 is 22.3 Å². The summed E-state index contributed by atoms with van der Waals surface area (Å²) in [5, 5.41) is 2.81. The number of carbonyl (C=O) groups is 1. The van der Waals surface area contributed by atoms with E-state index < -0.39 is 15.8 Å². The molecule has 0 heterocycles. The number of amides is 1. The Morgan fingerprint density at radius 2 is 1.65 bits per heavy atom. The number of hydrogen-bond donors (Lipinski definition) is 1. The van der Waals surface area contributed by atoms with Crippen LogP contribution in [0.25, 0.3) is 0 Å². The first kappa shape index (κ1) is 22.3. The van der Waals surface area contributed by atoms with Gasteiger partial charge >= 0.3 is 0 Å². The van der Waals surface area contributed by atoms with Crippen LogP contribution in [0.5, 0.6) is 5.75 Å². The SMILES string of the molecule is CCOc1ccccc1NC(=O)c1ccc(CN(c2ccccc2F)S(C)(=O)=O)cc1. The summed E-state index contributed by atoms with van der Waals surface area (Å²) in [6, 6.07) is 19.3. The molecule has 3 aromatic rings. The van der Waals surface area contributed by atoms with Crippen molar-refractivity contribution >= 4 is 27.3 Å². The summed E-state index contributed by atoms with van der Waals surface area (Å²) in [4.78, 5) is 12.6. The topological polar surface area (TPSA) is 75.7 Å². The van der Waals surface area contributed by atoms with Crippen molar-refractivity contribution in [2.45, 2.75) is 13.5 Å². The van der Waals surface area contributed by atoms with Crippen molar-refractivity contribution in [1.82, 2.24) is 0 Å². The van der Waals surface area contributed by atoms with Crippen molar-refractivity contribution in [2.75, 3.05) is 22.5 Å². The van der Waals surface area contributed by atoms with Gasteiger partial charge in [-0.3, -0.25) is 9.10 Å². The number of benzene rings is 3. The molecule has 31 heavy (non-hydrogen) atoms. The van der Waals surface area contributed by atoms with Gasteiger partial charge in [-0.1, -0.05) is 36.4 Å². The van der Waals surface area contributed by atoms with E-state index in [9.17, 15) is 17.6 Å². The molecule has 1 amide bonds. The Hall–Kier alpha value is -3.39. The Bertz CT molecular complexity index is 1160. The molecule has 8 heteroatoms. The third-order valence-corrected chi connectivity index (χ3v) is 5.63. The number of rotatable bonds is 8. The predicted octanol–water partition coefficient (Wildman–Crippen LogP) is 4.44. The molecule has 162 valence electrons. The van der Waals surface area contributed by atoms with E-state index in [1.807, 2.05) is 13.0 Å². The monoisotopic (exact) mass is 442 g/mol. The Morgan fingerprint density at radius 1 is 1.00 bits per heavy atom. The normalized spacial score (nSPS) is 11.1. The van der Waals surface area contributed by atoms with E-state index in [-0.39, 0.29) is 18.1 Å². The molecule has 0 bridgehead atoms. The summed E-state index contributed by atoms with van der Waals surface area (Å²) >= 11 is 0. The molecule has 1 N–H and O–H groups in total. The zero-order valence-electron chi connectivity index (χ0n) is 17.2. The Morgan fingerprint density at radius 3 is 2.29 bits per heavy atom. The van der Waals surface area contributed by atoms with Crippen molar-refractivity contribution in [1.29, 1.82) is 0 Å². The lowest BCUT2D eigenvalue weighted by Crippen LogP contribution is -2.30. The number of carbonyl (C=O) groups excluding carboxylic acids is 1. The number of para-hydroxylation sites is 3. The number of nitrogens with zero attached hydrogens (tertiary/aromatic N) is 1. The standard InChI is InChI=1S/C23H23FN2O4S/c1-3-30-22-11-7-5-9-20(22)25-23(27)18-14-12-17(13-15-18)16-26(31(2,28)29)21-10-6-4-8-19(21)24/h4-15H,3,16H2,1-2H3,(H,25,27). The van der Waals surface area contributed by atoms with Gasteiger partial charge in [-0.15, -0.1) is 0 Å². The molecular weight excluding hydrogens is 419 g/mol. The minimum atomic E-state index is -3.72. The van der Waals surface area contributed by atoms with Crippen LogP contribution in [-0.2, 0) is 16.6 Å². The van der Waals surface area contributed by atoms with Crippen LogP contribution in [0.15, 0.2) is 72.8 Å². The van der Waals surface area contributed by atoms with Gasteiger partial charge in [-0.2, -0.15) is 0 Å². The third-order valence-electron chi connectivity index (χ3n) is 4.50. The van der Waals surface area contributed by atoms with E-state index in [0.29, 0.717) is 29.2 Å². The van der Waals surface area contributed by atoms with Gasteiger partial charge in [-0.05, 0) is 48.9 Å². The van der Waals surface area contributed by atoms with Gasteiger partial charge in [0, 0.05) is 5.56 Å². The maximum absolute atomic E-state index is 14.2. The molecule has 3 rings (SSSR count). The fourth-order valence-corrected chi connectivity index (χ4v) is 3.90. The Labute approximate surface area is 181 Å². The second-order valence-corrected chi connectivity index (χ2v) is 8.71. The fraction of sp³-hybridized carbons (Fsp3) is 0.174. The zero-order valence-corrected chi connectivity index (χ0v) is 18.0. The summed E-state index contributed by atoms with van der Waals surface area (Å²) in [5.74, 6) is -0.381. The number of nitrogens with one attached hydrogen (secondary N) is 1. The summed E-state index contributed by atoms with van der Waals surface area (Å²) in [7, 11) is -3.72. The van der Waals surface area contributed by atoms with Gasteiger partial charge in [0.2, 0.25) is 10.0 Å². The first-order valence-electron chi connectivity index (χ1n) is 9.64. The highest BCUT2D eigenvalue weighted by molar-refractivity contribution is 7.92. The van der Waals surface area contributed by atoms with E-state index in [2.05, 4.69) is 5.32 Å². The van der Waals surface area contributed by atoms with Crippen LogP contribution in [0.4, 0.5) is 15.8 Å². The zero-order chi connectivity index (χ0) is 22.4. The highest BCUT2D eigenvalue weighted by Crippen LogP contribution is 2.25. The maximum Gasteiger partial charge on any atom is 0.255 e. The minimum Gasteiger partial charge on any atom is -0.492 e. The fourth-order valence-electron chi connectivity index (χ4n) is 3.01. The molecule has 0 saturated carbocycles. The summed E-state index contributed by atoms with van der Waals surface area (Å²) < 4.78 is 45.1. The van der Waals surface area contributed by atoms with Crippen LogP contribution >= 0.6 is 0 Å². The van der Waals surface area contributed by atoms with E-state index in [4.69, 9.17) is 4.74 Å². The van der Waals surface area contributed by atoms with Crippen molar-refractivity contribution in [2.24, 2.45) is 0 Å². The molecule has 0 spiro atoms. The van der Waals surface area contributed by atoms with Crippen molar-refractivity contribution in [3.63, 3.8) is 0 Å². The lowest BCUT2D eigenvalue weighted by molar-refractivity contribution is 0.102. The van der Waals surface area contributed by atoms with Crippen LogP contribution in [0, 0.1) is 5.82 Å². The van der Waals surface area contributed by atoms with Crippen LogP contribution < -0.4 is 14.4 Å². The maximum atomic E-state index is 14.2. The van der Waals surface area contributed by atoms with E-state index >= 15 is 0 Å². The molecule has 0 unspecified atom stereocenters. The minimum absolute atomic E-state index is 0.0284. The molecule has 0 aromatic heterocycles. The molecule has 0 aliphatic heterocycles. The lowest BCUT2D eigenvalue weighted by Gasteiger charge is -2.23. The molecule has 0 radical (unpaired) electrons. The largest absolute Gasteiger partial charge is 0.492 e.